The number of benzene rings is 1. The molecule has 5 heteroatoms. The Kier molecular flexibility index (Phi) is 4.78. The second kappa shape index (κ2) is 6.83. The third-order valence-corrected chi connectivity index (χ3v) is 5.49. The number of hydrazone groups is 1. The van der Waals surface area contributed by atoms with Gasteiger partial charge in [0.25, 0.3) is 0 Å². The predicted molar refractivity (Wildman–Crippen MR) is 93.5 cm³/mol. The summed E-state index contributed by atoms with van der Waals surface area (Å²) in [4.78, 5) is 12.4. The van der Waals surface area contributed by atoms with Crippen LogP contribution in [0.15, 0.2) is 23.3 Å². The van der Waals surface area contributed by atoms with E-state index in [-0.39, 0.29) is 17.2 Å². The summed E-state index contributed by atoms with van der Waals surface area (Å²) in [6, 6.07) is 5.58. The fourth-order valence-corrected chi connectivity index (χ4v) is 4.13. The molecule has 0 saturated heterocycles. The van der Waals surface area contributed by atoms with Crippen molar-refractivity contribution in [1.29, 1.82) is 0 Å². The van der Waals surface area contributed by atoms with Crippen molar-refractivity contribution in [2.75, 3.05) is 13.7 Å². The second-order valence-electron chi connectivity index (χ2n) is 6.91. The van der Waals surface area contributed by atoms with E-state index in [1.807, 2.05) is 25.1 Å². The van der Waals surface area contributed by atoms with Crippen molar-refractivity contribution in [2.24, 2.45) is 22.4 Å². The maximum atomic E-state index is 12.4. The van der Waals surface area contributed by atoms with E-state index in [4.69, 9.17) is 9.47 Å². The van der Waals surface area contributed by atoms with E-state index >= 15 is 0 Å². The van der Waals surface area contributed by atoms with Crippen LogP contribution in [-0.2, 0) is 4.79 Å². The molecule has 130 valence electrons. The zero-order chi connectivity index (χ0) is 17.2. The van der Waals surface area contributed by atoms with Crippen molar-refractivity contribution in [3.63, 3.8) is 0 Å². The minimum absolute atomic E-state index is 0.0548. The van der Waals surface area contributed by atoms with Gasteiger partial charge in [-0.2, -0.15) is 5.10 Å². The molecule has 0 aromatic heterocycles. The third-order valence-electron chi connectivity index (χ3n) is 5.49. The molecule has 2 aliphatic rings. The van der Waals surface area contributed by atoms with Crippen molar-refractivity contribution in [3.8, 4) is 11.5 Å². The Balaban J connectivity index is 1.60. The SMILES string of the molecule is CCOc1cc(/C=N\NC(=O)[C@@H]2[C@@H]3CCCC[C@@]23C)ccc1OC. The number of nitrogens with zero attached hydrogens (tertiary/aromatic N) is 1. The molecular formula is C19H26N2O3. The van der Waals surface area contributed by atoms with E-state index in [1.165, 1.54) is 19.3 Å². The molecule has 24 heavy (non-hydrogen) atoms. The third kappa shape index (κ3) is 3.12. The largest absolute Gasteiger partial charge is 0.493 e. The molecule has 1 aromatic rings. The van der Waals surface area contributed by atoms with Gasteiger partial charge in [-0.05, 0) is 54.9 Å². The van der Waals surface area contributed by atoms with Gasteiger partial charge in [0.15, 0.2) is 11.5 Å². The van der Waals surface area contributed by atoms with Gasteiger partial charge in [0.2, 0.25) is 5.91 Å². The number of hydrogen-bond donors (Lipinski definition) is 1. The maximum absolute atomic E-state index is 12.4. The molecule has 2 aliphatic carbocycles. The number of carbonyl (C=O) groups is 1. The summed E-state index contributed by atoms with van der Waals surface area (Å²) in [5, 5.41) is 4.13. The number of rotatable bonds is 6. The lowest BCUT2D eigenvalue weighted by Crippen LogP contribution is -2.22. The van der Waals surface area contributed by atoms with Gasteiger partial charge in [-0.1, -0.05) is 19.8 Å². The lowest BCUT2D eigenvalue weighted by molar-refractivity contribution is -0.123. The summed E-state index contributed by atoms with van der Waals surface area (Å²) in [5.74, 6) is 2.10. The first kappa shape index (κ1) is 16.8. The zero-order valence-electron chi connectivity index (χ0n) is 14.7. The predicted octanol–water partition coefficient (Wildman–Crippen LogP) is 3.37. The van der Waals surface area contributed by atoms with Crippen LogP contribution in [0.2, 0.25) is 0 Å². The molecule has 0 radical (unpaired) electrons. The Morgan fingerprint density at radius 1 is 1.42 bits per heavy atom. The molecule has 2 saturated carbocycles. The maximum Gasteiger partial charge on any atom is 0.244 e. The Morgan fingerprint density at radius 3 is 2.92 bits per heavy atom. The highest BCUT2D eigenvalue weighted by atomic mass is 16.5. The van der Waals surface area contributed by atoms with Crippen LogP contribution in [0.1, 0.15) is 45.1 Å². The number of ether oxygens (including phenoxy) is 2. The molecule has 0 spiro atoms. The van der Waals surface area contributed by atoms with Gasteiger partial charge < -0.3 is 9.47 Å². The molecule has 0 aliphatic heterocycles. The van der Waals surface area contributed by atoms with E-state index in [1.54, 1.807) is 13.3 Å². The normalized spacial score (nSPS) is 28.3. The summed E-state index contributed by atoms with van der Waals surface area (Å²) >= 11 is 0. The van der Waals surface area contributed by atoms with Gasteiger partial charge in [-0.15, -0.1) is 0 Å². The van der Waals surface area contributed by atoms with Gasteiger partial charge in [0.05, 0.1) is 19.9 Å². The van der Waals surface area contributed by atoms with Gasteiger partial charge >= 0.3 is 0 Å². The molecule has 0 unspecified atom stereocenters. The Labute approximate surface area is 143 Å². The van der Waals surface area contributed by atoms with Crippen LogP contribution in [0, 0.1) is 17.3 Å². The zero-order valence-corrected chi connectivity index (χ0v) is 14.7. The molecule has 0 heterocycles. The van der Waals surface area contributed by atoms with E-state index in [2.05, 4.69) is 17.5 Å². The van der Waals surface area contributed by atoms with Crippen molar-refractivity contribution >= 4 is 12.1 Å². The monoisotopic (exact) mass is 330 g/mol. The quantitative estimate of drug-likeness (QED) is 0.642. The average Bonchev–Trinajstić information content (AvgIpc) is 3.21. The molecule has 5 nitrogen and oxygen atoms in total. The molecule has 2 fully saturated rings. The van der Waals surface area contributed by atoms with Gasteiger partial charge in [-0.3, -0.25) is 4.79 Å². The highest BCUT2D eigenvalue weighted by molar-refractivity contribution is 5.86. The Morgan fingerprint density at radius 2 is 2.25 bits per heavy atom. The van der Waals surface area contributed by atoms with Crippen LogP contribution in [0.4, 0.5) is 0 Å². The Bertz CT molecular complexity index is 643. The fraction of sp³-hybridized carbons (Fsp3) is 0.579. The lowest BCUT2D eigenvalue weighted by Gasteiger charge is -2.15. The number of methoxy groups -OCH3 is 1. The van der Waals surface area contributed by atoms with Crippen molar-refractivity contribution in [1.82, 2.24) is 5.43 Å². The molecule has 3 atom stereocenters. The van der Waals surface area contributed by atoms with Crippen LogP contribution in [0.5, 0.6) is 11.5 Å². The van der Waals surface area contributed by atoms with E-state index in [9.17, 15) is 4.79 Å². The lowest BCUT2D eigenvalue weighted by atomic mass is 9.90. The Hall–Kier alpha value is -2.04. The smallest absolute Gasteiger partial charge is 0.244 e. The van der Waals surface area contributed by atoms with Crippen molar-refractivity contribution in [3.05, 3.63) is 23.8 Å². The van der Waals surface area contributed by atoms with E-state index < -0.39 is 0 Å². The highest BCUT2D eigenvalue weighted by Crippen LogP contribution is 2.66. The van der Waals surface area contributed by atoms with Crippen LogP contribution >= 0.6 is 0 Å². The highest BCUT2D eigenvalue weighted by Gasteiger charge is 2.64. The van der Waals surface area contributed by atoms with Gasteiger partial charge in [0, 0.05) is 5.92 Å². The van der Waals surface area contributed by atoms with E-state index in [0.29, 0.717) is 24.0 Å². The average molecular weight is 330 g/mol. The minimum Gasteiger partial charge on any atom is -0.493 e. The summed E-state index contributed by atoms with van der Waals surface area (Å²) in [5.41, 5.74) is 3.78. The van der Waals surface area contributed by atoms with Gasteiger partial charge in [-0.25, -0.2) is 5.43 Å². The molecule has 1 aromatic carbocycles. The first-order valence-electron chi connectivity index (χ1n) is 8.74. The van der Waals surface area contributed by atoms with E-state index in [0.717, 1.165) is 12.0 Å². The molecular weight excluding hydrogens is 304 g/mol. The molecule has 1 amide bonds. The number of hydrogen-bond acceptors (Lipinski definition) is 4. The second-order valence-corrected chi connectivity index (χ2v) is 6.91. The van der Waals surface area contributed by atoms with Crippen LogP contribution in [0.25, 0.3) is 0 Å². The molecule has 0 bridgehead atoms. The van der Waals surface area contributed by atoms with Crippen molar-refractivity contribution < 1.29 is 14.3 Å². The van der Waals surface area contributed by atoms with Crippen LogP contribution in [0.3, 0.4) is 0 Å². The summed E-state index contributed by atoms with van der Waals surface area (Å²) in [6.45, 7) is 4.73. The summed E-state index contributed by atoms with van der Waals surface area (Å²) < 4.78 is 10.8. The molecule has 1 N–H and O–H groups in total. The summed E-state index contributed by atoms with van der Waals surface area (Å²) in [7, 11) is 1.61. The minimum atomic E-state index is 0.0548. The number of carbonyl (C=O) groups excluding carboxylic acids is 1. The molecule has 3 rings (SSSR count). The standard InChI is InChI=1S/C19H26N2O3/c1-4-24-16-11-13(8-9-15(16)23-3)12-20-21-18(22)17-14-7-5-6-10-19(14,17)2/h8-9,11-12,14,17H,4-7,10H2,1-3H3,(H,21,22)/b20-12-/t14-,17-,19+/m0/s1. The number of nitrogens with one attached hydrogen (secondary N) is 1. The van der Waals surface area contributed by atoms with Crippen LogP contribution in [-0.4, -0.2) is 25.8 Å². The van der Waals surface area contributed by atoms with Gasteiger partial charge in [0.1, 0.15) is 0 Å². The first-order valence-corrected chi connectivity index (χ1v) is 8.74. The fourth-order valence-electron chi connectivity index (χ4n) is 4.13. The number of amides is 1. The number of fused-ring (bicyclic) bond motifs is 1. The topological polar surface area (TPSA) is 59.9 Å². The van der Waals surface area contributed by atoms with Crippen LogP contribution < -0.4 is 14.9 Å². The van der Waals surface area contributed by atoms with Crippen molar-refractivity contribution in [2.45, 2.75) is 39.5 Å². The first-order chi connectivity index (χ1) is 11.6. The summed E-state index contributed by atoms with van der Waals surface area (Å²) in [6.07, 6.45) is 6.48.